The van der Waals surface area contributed by atoms with E-state index in [-0.39, 0.29) is 17.7 Å². The van der Waals surface area contributed by atoms with Gasteiger partial charge in [0.15, 0.2) is 5.78 Å². The molecule has 0 aromatic heterocycles. The zero-order valence-electron chi connectivity index (χ0n) is 19.6. The maximum absolute atomic E-state index is 12.9. The minimum Gasteiger partial charge on any atom is -0.378 e. The van der Waals surface area contributed by atoms with Gasteiger partial charge >= 0.3 is 6.03 Å². The number of carbonyl (C=O) groups excluding carboxylic acids is 3. The van der Waals surface area contributed by atoms with Crippen LogP contribution in [0.2, 0.25) is 0 Å². The molecule has 1 N–H and O–H groups in total. The normalized spacial score (nSPS) is 15.0. The van der Waals surface area contributed by atoms with Gasteiger partial charge in [0.05, 0.1) is 13.2 Å². The number of ketones is 1. The molecule has 2 heterocycles. The van der Waals surface area contributed by atoms with Crippen LogP contribution in [0.4, 0.5) is 16.2 Å². The zero-order valence-corrected chi connectivity index (χ0v) is 19.6. The highest BCUT2D eigenvalue weighted by Crippen LogP contribution is 2.33. The van der Waals surface area contributed by atoms with Gasteiger partial charge in [-0.15, -0.1) is 0 Å². The van der Waals surface area contributed by atoms with Crippen LogP contribution in [0.5, 0.6) is 0 Å². The van der Waals surface area contributed by atoms with Crippen molar-refractivity contribution in [2.45, 2.75) is 13.3 Å². The number of nitrogens with zero attached hydrogens (tertiary/aromatic N) is 2. The van der Waals surface area contributed by atoms with Crippen LogP contribution in [0.3, 0.4) is 0 Å². The first-order valence-corrected chi connectivity index (χ1v) is 11.8. The predicted molar refractivity (Wildman–Crippen MR) is 135 cm³/mol. The summed E-state index contributed by atoms with van der Waals surface area (Å²) in [4.78, 5) is 40.8. The lowest BCUT2D eigenvalue weighted by Crippen LogP contribution is -2.40. The number of morpholine rings is 1. The SMILES string of the molecule is CC(=O)c1cccc(NC(=O)N2CCc3cc(-c4ccc(C(=O)N5CCOCC5)cc4)ccc32)c1. The summed E-state index contributed by atoms with van der Waals surface area (Å²) in [5, 5.41) is 2.90. The molecule has 0 radical (unpaired) electrons. The van der Waals surface area contributed by atoms with Crippen LogP contribution < -0.4 is 10.2 Å². The lowest BCUT2D eigenvalue weighted by Gasteiger charge is -2.26. The van der Waals surface area contributed by atoms with Crippen LogP contribution >= 0.6 is 0 Å². The third kappa shape index (κ3) is 4.81. The molecule has 178 valence electrons. The van der Waals surface area contributed by atoms with E-state index >= 15 is 0 Å². The van der Waals surface area contributed by atoms with Gasteiger partial charge in [0.25, 0.3) is 5.91 Å². The van der Waals surface area contributed by atoms with Gasteiger partial charge in [-0.2, -0.15) is 0 Å². The van der Waals surface area contributed by atoms with E-state index in [4.69, 9.17) is 4.74 Å². The summed E-state index contributed by atoms with van der Waals surface area (Å²) in [6.45, 7) is 4.50. The summed E-state index contributed by atoms with van der Waals surface area (Å²) in [6.07, 6.45) is 0.762. The number of Topliss-reactive ketones (excluding diaryl/α,β-unsaturated/α-hetero) is 1. The summed E-state index contributed by atoms with van der Waals surface area (Å²) in [7, 11) is 0. The molecule has 1 saturated heterocycles. The zero-order chi connectivity index (χ0) is 24.4. The summed E-state index contributed by atoms with van der Waals surface area (Å²) in [5.74, 6) is -0.0112. The largest absolute Gasteiger partial charge is 0.378 e. The van der Waals surface area contributed by atoms with Gasteiger partial charge in [-0.05, 0) is 66.4 Å². The molecule has 1 fully saturated rings. The van der Waals surface area contributed by atoms with Gasteiger partial charge < -0.3 is 15.0 Å². The van der Waals surface area contributed by atoms with Crippen molar-refractivity contribution in [3.05, 3.63) is 83.4 Å². The van der Waals surface area contributed by atoms with E-state index in [1.807, 2.05) is 41.3 Å². The minimum atomic E-state index is -0.219. The van der Waals surface area contributed by atoms with Gasteiger partial charge in [-0.25, -0.2) is 4.79 Å². The highest BCUT2D eigenvalue weighted by atomic mass is 16.5. The van der Waals surface area contributed by atoms with Crippen molar-refractivity contribution in [3.8, 4) is 11.1 Å². The molecule has 0 aliphatic carbocycles. The Morgan fingerprint density at radius 3 is 2.31 bits per heavy atom. The molecule has 5 rings (SSSR count). The fourth-order valence-electron chi connectivity index (χ4n) is 4.55. The Hall–Kier alpha value is -3.97. The summed E-state index contributed by atoms with van der Waals surface area (Å²) in [5.41, 5.74) is 5.89. The molecule has 35 heavy (non-hydrogen) atoms. The van der Waals surface area contributed by atoms with Crippen molar-refractivity contribution in [1.82, 2.24) is 4.90 Å². The second-order valence-electron chi connectivity index (χ2n) is 8.79. The van der Waals surface area contributed by atoms with Crippen molar-refractivity contribution >= 4 is 29.1 Å². The molecule has 0 saturated carbocycles. The third-order valence-electron chi connectivity index (χ3n) is 6.50. The maximum Gasteiger partial charge on any atom is 0.326 e. The average Bonchev–Trinajstić information content (AvgIpc) is 3.32. The van der Waals surface area contributed by atoms with Crippen molar-refractivity contribution in [2.24, 2.45) is 0 Å². The molecule has 0 atom stereocenters. The minimum absolute atomic E-state index is 0.0318. The standard InChI is InChI=1S/C28H27N3O4/c1-19(32)22-3-2-4-25(18-22)29-28(34)31-12-11-24-17-23(9-10-26(24)31)20-5-7-21(8-6-20)27(33)30-13-15-35-16-14-30/h2-10,17-18H,11-16H2,1H3,(H,29,34). The summed E-state index contributed by atoms with van der Waals surface area (Å²) >= 11 is 0. The number of hydrogen-bond acceptors (Lipinski definition) is 4. The van der Waals surface area contributed by atoms with Crippen LogP contribution in [0.1, 0.15) is 33.2 Å². The lowest BCUT2D eigenvalue weighted by molar-refractivity contribution is 0.0303. The van der Waals surface area contributed by atoms with Crippen LogP contribution in [-0.4, -0.2) is 55.5 Å². The predicted octanol–water partition coefficient (Wildman–Crippen LogP) is 4.62. The van der Waals surface area contributed by atoms with Gasteiger partial charge in [0, 0.05) is 42.1 Å². The number of hydrogen-bond donors (Lipinski definition) is 1. The average molecular weight is 470 g/mol. The fraction of sp³-hybridized carbons (Fsp3) is 0.250. The second kappa shape index (κ2) is 9.72. The van der Waals surface area contributed by atoms with Crippen LogP contribution in [0.15, 0.2) is 66.7 Å². The van der Waals surface area contributed by atoms with Gasteiger partial charge in [-0.1, -0.05) is 30.3 Å². The Bertz CT molecular complexity index is 1280. The monoisotopic (exact) mass is 469 g/mol. The molecule has 0 unspecified atom stereocenters. The van der Waals surface area contributed by atoms with E-state index in [0.717, 1.165) is 28.8 Å². The van der Waals surface area contributed by atoms with Crippen molar-refractivity contribution in [1.29, 1.82) is 0 Å². The molecule has 2 aliphatic rings. The van der Waals surface area contributed by atoms with E-state index < -0.39 is 0 Å². The van der Waals surface area contributed by atoms with Gasteiger partial charge in [-0.3, -0.25) is 14.5 Å². The number of carbonyl (C=O) groups is 3. The number of anilines is 2. The Balaban J connectivity index is 1.29. The highest BCUT2D eigenvalue weighted by Gasteiger charge is 2.25. The molecule has 3 amide bonds. The molecule has 7 nitrogen and oxygen atoms in total. The number of fused-ring (bicyclic) bond motifs is 1. The first kappa shape index (κ1) is 22.8. The highest BCUT2D eigenvalue weighted by molar-refractivity contribution is 6.04. The maximum atomic E-state index is 12.9. The van der Waals surface area contributed by atoms with E-state index in [0.29, 0.717) is 49.7 Å². The number of nitrogens with one attached hydrogen (secondary N) is 1. The second-order valence-corrected chi connectivity index (χ2v) is 8.79. The molecular formula is C28H27N3O4. The molecule has 2 aliphatic heterocycles. The number of benzene rings is 3. The molecule has 0 spiro atoms. The van der Waals surface area contributed by atoms with Crippen molar-refractivity contribution < 1.29 is 19.1 Å². The van der Waals surface area contributed by atoms with E-state index in [9.17, 15) is 14.4 Å². The van der Waals surface area contributed by atoms with E-state index in [2.05, 4.69) is 11.4 Å². The number of urea groups is 1. The molecular weight excluding hydrogens is 442 g/mol. The van der Waals surface area contributed by atoms with Gasteiger partial charge in [0.1, 0.15) is 0 Å². The number of ether oxygens (including phenoxy) is 1. The number of rotatable bonds is 4. The lowest BCUT2D eigenvalue weighted by atomic mass is 10.0. The molecule has 0 bridgehead atoms. The number of amides is 3. The Kier molecular flexibility index (Phi) is 6.33. The Morgan fingerprint density at radius 2 is 1.57 bits per heavy atom. The topological polar surface area (TPSA) is 79.0 Å². The summed E-state index contributed by atoms with van der Waals surface area (Å²) < 4.78 is 5.33. The fourth-order valence-corrected chi connectivity index (χ4v) is 4.55. The smallest absolute Gasteiger partial charge is 0.326 e. The van der Waals surface area contributed by atoms with Crippen molar-refractivity contribution in [2.75, 3.05) is 43.1 Å². The van der Waals surface area contributed by atoms with E-state index in [1.165, 1.54) is 6.92 Å². The molecule has 3 aromatic rings. The van der Waals surface area contributed by atoms with Gasteiger partial charge in [0.2, 0.25) is 0 Å². The molecule has 3 aromatic carbocycles. The van der Waals surface area contributed by atoms with Crippen LogP contribution in [0.25, 0.3) is 11.1 Å². The molecule has 7 heteroatoms. The first-order valence-electron chi connectivity index (χ1n) is 11.8. The van der Waals surface area contributed by atoms with E-state index in [1.54, 1.807) is 29.2 Å². The third-order valence-corrected chi connectivity index (χ3v) is 6.50. The Labute approximate surface area is 204 Å². The van der Waals surface area contributed by atoms with Crippen molar-refractivity contribution in [3.63, 3.8) is 0 Å². The Morgan fingerprint density at radius 1 is 0.829 bits per heavy atom. The quantitative estimate of drug-likeness (QED) is 0.566. The first-order chi connectivity index (χ1) is 17.0. The van der Waals surface area contributed by atoms with Crippen LogP contribution in [-0.2, 0) is 11.2 Å². The summed E-state index contributed by atoms with van der Waals surface area (Å²) in [6, 6.07) is 20.5. The van der Waals surface area contributed by atoms with Crippen LogP contribution in [0, 0.1) is 0 Å².